The van der Waals surface area contributed by atoms with Gasteiger partial charge in [0.25, 0.3) is 10.0 Å². The number of aryl methyl sites for hydroxylation is 1. The number of hydrogen-bond acceptors (Lipinski definition) is 4. The normalized spacial score (nSPS) is 13.1. The van der Waals surface area contributed by atoms with Gasteiger partial charge in [0.15, 0.2) is 5.03 Å². The fourth-order valence-electron chi connectivity index (χ4n) is 2.14. The number of aromatic amines is 1. The van der Waals surface area contributed by atoms with Crippen LogP contribution in [0.3, 0.4) is 0 Å². The van der Waals surface area contributed by atoms with Gasteiger partial charge in [0.05, 0.1) is 0 Å². The minimum absolute atomic E-state index is 0.103. The Morgan fingerprint density at radius 2 is 1.95 bits per heavy atom. The fourth-order valence-corrected chi connectivity index (χ4v) is 3.69. The van der Waals surface area contributed by atoms with Crippen molar-refractivity contribution < 1.29 is 8.42 Å². The first-order valence-electron chi connectivity index (χ1n) is 7.30. The molecular weight excluding hydrogens is 288 g/mol. The number of hydrogen-bond donors (Lipinski definition) is 2. The summed E-state index contributed by atoms with van der Waals surface area (Å²) in [5, 5.41) is 10.2. The predicted octanol–water partition coefficient (Wildman–Crippen LogP) is 1.88. The van der Waals surface area contributed by atoms with Crippen LogP contribution in [-0.2, 0) is 16.6 Å². The molecule has 2 N–H and O–H groups in total. The quantitative estimate of drug-likeness (QED) is 0.753. The van der Waals surface area contributed by atoms with E-state index in [9.17, 15) is 8.42 Å². The van der Waals surface area contributed by atoms with Crippen LogP contribution in [0.5, 0.6) is 0 Å². The van der Waals surface area contributed by atoms with Crippen molar-refractivity contribution in [2.45, 2.75) is 52.6 Å². The number of sulfonamides is 1. The molecule has 0 saturated heterocycles. The van der Waals surface area contributed by atoms with E-state index in [0.717, 1.165) is 24.2 Å². The Kier molecular flexibility index (Phi) is 5.95. The van der Waals surface area contributed by atoms with Crippen molar-refractivity contribution in [3.63, 3.8) is 0 Å². The Morgan fingerprint density at radius 1 is 1.33 bits per heavy atom. The van der Waals surface area contributed by atoms with Gasteiger partial charge in [-0.15, -0.1) is 0 Å². The molecule has 0 spiro atoms. The van der Waals surface area contributed by atoms with Crippen LogP contribution in [0.1, 0.15) is 45.4 Å². The molecule has 0 aromatic carbocycles. The van der Waals surface area contributed by atoms with Gasteiger partial charge in [0.1, 0.15) is 0 Å². The second-order valence-corrected chi connectivity index (χ2v) is 8.59. The molecule has 1 rings (SSSR count). The van der Waals surface area contributed by atoms with Crippen molar-refractivity contribution in [2.75, 3.05) is 20.1 Å². The zero-order valence-electron chi connectivity index (χ0n) is 13.9. The molecular formula is C14H28N4O2S. The van der Waals surface area contributed by atoms with Crippen LogP contribution < -0.4 is 5.32 Å². The molecule has 0 aliphatic rings. The maximum Gasteiger partial charge on any atom is 0.262 e. The Labute approximate surface area is 128 Å². The zero-order valence-corrected chi connectivity index (χ0v) is 14.8. The van der Waals surface area contributed by atoms with Gasteiger partial charge in [0, 0.05) is 31.4 Å². The number of H-pyrrole nitrogens is 1. The molecule has 1 heterocycles. The molecule has 0 aliphatic heterocycles. The van der Waals surface area contributed by atoms with Gasteiger partial charge in [-0.05, 0) is 25.3 Å². The third kappa shape index (κ3) is 4.79. The molecule has 0 radical (unpaired) electrons. The Morgan fingerprint density at radius 3 is 2.48 bits per heavy atom. The summed E-state index contributed by atoms with van der Waals surface area (Å²) in [5.41, 5.74) is 1.42. The second kappa shape index (κ2) is 6.89. The molecule has 0 atom stereocenters. The Hall–Kier alpha value is -0.920. The molecule has 0 fully saturated rings. The number of nitrogens with zero attached hydrogens (tertiary/aromatic N) is 2. The first-order valence-corrected chi connectivity index (χ1v) is 8.74. The average molecular weight is 316 g/mol. The van der Waals surface area contributed by atoms with Crippen LogP contribution in [0.25, 0.3) is 0 Å². The van der Waals surface area contributed by atoms with Crippen molar-refractivity contribution in [1.82, 2.24) is 19.8 Å². The summed E-state index contributed by atoms with van der Waals surface area (Å²) < 4.78 is 26.8. The summed E-state index contributed by atoms with van der Waals surface area (Å²) in [6.07, 6.45) is 1.00. The highest BCUT2D eigenvalue weighted by atomic mass is 32.2. The average Bonchev–Trinajstić information content (AvgIpc) is 2.70. The minimum Gasteiger partial charge on any atom is -0.313 e. The fraction of sp³-hybridized carbons (Fsp3) is 0.786. The Bertz CT molecular complexity index is 558. The molecule has 1 aromatic heterocycles. The summed E-state index contributed by atoms with van der Waals surface area (Å²) in [4.78, 5) is 0. The van der Waals surface area contributed by atoms with Gasteiger partial charge in [-0.25, -0.2) is 8.42 Å². The van der Waals surface area contributed by atoms with E-state index >= 15 is 0 Å². The van der Waals surface area contributed by atoms with Gasteiger partial charge in [-0.2, -0.15) is 9.40 Å². The maximum atomic E-state index is 12.7. The van der Waals surface area contributed by atoms with E-state index in [1.165, 1.54) is 4.31 Å². The number of nitrogens with one attached hydrogen (secondary N) is 2. The largest absolute Gasteiger partial charge is 0.313 e. The van der Waals surface area contributed by atoms with E-state index in [1.54, 1.807) is 7.05 Å². The lowest BCUT2D eigenvalue weighted by molar-refractivity contribution is 0.310. The summed E-state index contributed by atoms with van der Waals surface area (Å²) in [7, 11) is -1.96. The highest BCUT2D eigenvalue weighted by Crippen LogP contribution is 2.23. The number of rotatable bonds is 7. The van der Waals surface area contributed by atoms with E-state index in [4.69, 9.17) is 0 Å². The monoisotopic (exact) mass is 316 g/mol. The first-order chi connectivity index (χ1) is 9.59. The smallest absolute Gasteiger partial charge is 0.262 e. The summed E-state index contributed by atoms with van der Waals surface area (Å²) in [6.45, 7) is 11.8. The first kappa shape index (κ1) is 18.1. The summed E-state index contributed by atoms with van der Waals surface area (Å²) in [5.74, 6) is 0. The molecule has 6 nitrogen and oxygen atoms in total. The molecule has 0 amide bonds. The van der Waals surface area contributed by atoms with Gasteiger partial charge in [0.2, 0.25) is 0 Å². The lowest BCUT2D eigenvalue weighted by atomic mass is 9.97. The molecule has 122 valence electrons. The summed E-state index contributed by atoms with van der Waals surface area (Å²) >= 11 is 0. The molecule has 0 bridgehead atoms. The molecule has 1 aromatic rings. The van der Waals surface area contributed by atoms with Gasteiger partial charge >= 0.3 is 0 Å². The van der Waals surface area contributed by atoms with E-state index in [1.807, 2.05) is 27.7 Å². The maximum absolute atomic E-state index is 12.7. The van der Waals surface area contributed by atoms with E-state index in [0.29, 0.717) is 13.1 Å². The second-order valence-electron chi connectivity index (χ2n) is 6.63. The van der Waals surface area contributed by atoms with Crippen molar-refractivity contribution in [3.8, 4) is 0 Å². The van der Waals surface area contributed by atoms with E-state index < -0.39 is 10.0 Å². The van der Waals surface area contributed by atoms with Crippen LogP contribution in [-0.4, -0.2) is 43.1 Å². The highest BCUT2D eigenvalue weighted by Gasteiger charge is 2.30. The van der Waals surface area contributed by atoms with Crippen LogP contribution in [0.4, 0.5) is 0 Å². The van der Waals surface area contributed by atoms with Gasteiger partial charge in [-0.1, -0.05) is 27.7 Å². The molecule has 0 unspecified atom stereocenters. The van der Waals surface area contributed by atoms with Crippen molar-refractivity contribution in [3.05, 3.63) is 11.3 Å². The molecule has 7 heteroatoms. The van der Waals surface area contributed by atoms with E-state index in [2.05, 4.69) is 22.4 Å². The lowest BCUT2D eigenvalue weighted by Crippen LogP contribution is -2.35. The summed E-state index contributed by atoms with van der Waals surface area (Å²) in [6, 6.07) is 0. The van der Waals surface area contributed by atoms with Crippen LogP contribution in [0.2, 0.25) is 0 Å². The van der Waals surface area contributed by atoms with Crippen molar-refractivity contribution in [2.24, 2.45) is 5.41 Å². The van der Waals surface area contributed by atoms with Gasteiger partial charge < -0.3 is 5.32 Å². The van der Waals surface area contributed by atoms with Crippen molar-refractivity contribution >= 4 is 10.0 Å². The Balaban J connectivity index is 3.03. The molecule has 0 saturated carbocycles. The standard InChI is InChI=1S/C14H28N4O2S/c1-7-8-15-9-12-11(2)16-17-13(12)21(19,20)18(6)10-14(3,4)5/h15H,7-10H2,1-6H3,(H,16,17). The highest BCUT2D eigenvalue weighted by molar-refractivity contribution is 7.89. The zero-order chi connectivity index (χ0) is 16.3. The van der Waals surface area contributed by atoms with Crippen LogP contribution in [0, 0.1) is 12.3 Å². The molecule has 21 heavy (non-hydrogen) atoms. The predicted molar refractivity (Wildman–Crippen MR) is 84.6 cm³/mol. The van der Waals surface area contributed by atoms with Gasteiger partial charge in [-0.3, -0.25) is 5.10 Å². The topological polar surface area (TPSA) is 78.1 Å². The lowest BCUT2D eigenvalue weighted by Gasteiger charge is -2.25. The molecule has 0 aliphatic carbocycles. The SMILES string of the molecule is CCCNCc1c(S(=O)(=O)N(C)CC(C)(C)C)n[nH]c1C. The van der Waals surface area contributed by atoms with Crippen LogP contribution in [0.15, 0.2) is 5.03 Å². The van der Waals surface area contributed by atoms with Crippen LogP contribution >= 0.6 is 0 Å². The van der Waals surface area contributed by atoms with Crippen molar-refractivity contribution in [1.29, 1.82) is 0 Å². The third-order valence-electron chi connectivity index (χ3n) is 3.12. The number of aromatic nitrogens is 2. The minimum atomic E-state index is -3.57. The van der Waals surface area contributed by atoms with E-state index in [-0.39, 0.29) is 10.4 Å². The third-order valence-corrected chi connectivity index (χ3v) is 4.89.